The van der Waals surface area contributed by atoms with Gasteiger partial charge in [0.1, 0.15) is 17.8 Å². The summed E-state index contributed by atoms with van der Waals surface area (Å²) in [6, 6.07) is 16.1. The van der Waals surface area contributed by atoms with E-state index in [2.05, 4.69) is 37.4 Å². The Balaban J connectivity index is 0.00000162. The highest BCUT2D eigenvalue weighted by atomic mass is 35.5. The van der Waals surface area contributed by atoms with Crippen LogP contribution >= 0.6 is 0 Å². The third kappa shape index (κ3) is 3.69. The van der Waals surface area contributed by atoms with Crippen molar-refractivity contribution in [1.29, 1.82) is 0 Å². The molecule has 0 heterocycles. The molecule has 0 saturated heterocycles. The van der Waals surface area contributed by atoms with Gasteiger partial charge in [0.2, 0.25) is 0 Å². The Morgan fingerprint density at radius 3 is 2.22 bits per heavy atom. The van der Waals surface area contributed by atoms with Crippen molar-refractivity contribution in [3.05, 3.63) is 59.7 Å². The van der Waals surface area contributed by atoms with E-state index in [1.165, 1.54) is 16.0 Å². The quantitative estimate of drug-likeness (QED) is 0.813. The van der Waals surface area contributed by atoms with Gasteiger partial charge in [0, 0.05) is 16.5 Å². The van der Waals surface area contributed by atoms with E-state index in [1.807, 2.05) is 12.1 Å². The number of benzene rings is 2. The molecule has 1 atom stereocenters. The second-order valence-corrected chi connectivity index (χ2v) is 6.24. The Bertz CT molecular complexity index is 496. The molecule has 2 aromatic rings. The van der Waals surface area contributed by atoms with Gasteiger partial charge in [-0.1, -0.05) is 24.3 Å². The van der Waals surface area contributed by atoms with Crippen LogP contribution in [0, 0.1) is 6.92 Å². The highest BCUT2D eigenvalue weighted by molar-refractivity contribution is 7.95. The molecule has 1 unspecified atom stereocenters. The van der Waals surface area contributed by atoms with Crippen molar-refractivity contribution < 1.29 is 17.5 Å². The van der Waals surface area contributed by atoms with Crippen LogP contribution in [0.5, 0.6) is 5.75 Å². The van der Waals surface area contributed by atoms with Crippen molar-refractivity contribution in [2.24, 2.45) is 0 Å². The average molecular weight is 281 g/mol. The van der Waals surface area contributed by atoms with Crippen LogP contribution < -0.4 is 12.4 Å². The first-order valence-electron chi connectivity index (χ1n) is 5.63. The summed E-state index contributed by atoms with van der Waals surface area (Å²) in [5.41, 5.74) is 2.76. The van der Waals surface area contributed by atoms with Gasteiger partial charge in [-0.05, 0) is 36.8 Å². The van der Waals surface area contributed by atoms with Crippen LogP contribution in [-0.4, -0.2) is 11.4 Å². The first-order chi connectivity index (χ1) is 8.16. The predicted molar refractivity (Wildman–Crippen MR) is 74.5 cm³/mol. The molecule has 0 saturated carbocycles. The molecule has 18 heavy (non-hydrogen) atoms. The van der Waals surface area contributed by atoms with Crippen LogP contribution in [0.25, 0.3) is 0 Å². The Kier molecular flexibility index (Phi) is 5.57. The molecule has 2 aromatic carbocycles. The van der Waals surface area contributed by atoms with E-state index in [9.17, 15) is 5.11 Å². The normalized spacial score (nSPS) is 11.7. The number of rotatable bonds is 3. The molecule has 2 rings (SSSR count). The molecule has 1 nitrogen and oxygen atoms in total. The molecule has 0 amide bonds. The summed E-state index contributed by atoms with van der Waals surface area (Å²) in [5.74, 6) is 1.40. The van der Waals surface area contributed by atoms with Gasteiger partial charge in [0.15, 0.2) is 4.90 Å². The molecule has 0 bridgehead atoms. The van der Waals surface area contributed by atoms with Crippen molar-refractivity contribution in [2.45, 2.75) is 17.6 Å². The lowest BCUT2D eigenvalue weighted by Gasteiger charge is -2.06. The number of halogens is 1. The van der Waals surface area contributed by atoms with Gasteiger partial charge in [0.25, 0.3) is 0 Å². The third-order valence-corrected chi connectivity index (χ3v) is 4.69. The molecule has 0 fully saturated rings. The monoisotopic (exact) mass is 280 g/mol. The average Bonchev–Trinajstić information content (AvgIpc) is 2.33. The van der Waals surface area contributed by atoms with Crippen molar-refractivity contribution in [3.63, 3.8) is 0 Å². The van der Waals surface area contributed by atoms with Crippen LogP contribution in [0.15, 0.2) is 53.4 Å². The topological polar surface area (TPSA) is 20.2 Å². The van der Waals surface area contributed by atoms with Gasteiger partial charge in [-0.15, -0.1) is 0 Å². The lowest BCUT2D eigenvalue weighted by Crippen LogP contribution is -3.00. The fourth-order valence-corrected chi connectivity index (χ4v) is 3.32. The van der Waals surface area contributed by atoms with Crippen LogP contribution in [0.1, 0.15) is 11.1 Å². The summed E-state index contributed by atoms with van der Waals surface area (Å²) in [6.07, 6.45) is 2.25. The zero-order valence-electron chi connectivity index (χ0n) is 10.6. The number of aryl methyl sites for hydroxylation is 1. The smallest absolute Gasteiger partial charge is 0.155 e. The first kappa shape index (κ1) is 14.9. The van der Waals surface area contributed by atoms with E-state index in [0.717, 1.165) is 5.75 Å². The second-order valence-electron chi connectivity index (χ2n) is 4.20. The third-order valence-electron chi connectivity index (χ3n) is 2.87. The molecule has 96 valence electrons. The summed E-state index contributed by atoms with van der Waals surface area (Å²) in [4.78, 5) is 1.30. The fraction of sp³-hybridized carbons (Fsp3) is 0.200. The fourth-order valence-electron chi connectivity index (χ4n) is 1.77. The molecule has 0 aliphatic rings. The van der Waals surface area contributed by atoms with Crippen molar-refractivity contribution in [1.82, 2.24) is 0 Å². The van der Waals surface area contributed by atoms with E-state index in [0.29, 0.717) is 5.75 Å². The molecule has 1 N–H and O–H groups in total. The van der Waals surface area contributed by atoms with Crippen molar-refractivity contribution >= 4 is 10.9 Å². The van der Waals surface area contributed by atoms with Gasteiger partial charge < -0.3 is 17.5 Å². The first-order valence-corrected chi connectivity index (χ1v) is 7.43. The highest BCUT2D eigenvalue weighted by Crippen LogP contribution is 2.20. The Morgan fingerprint density at radius 1 is 1.00 bits per heavy atom. The van der Waals surface area contributed by atoms with Crippen LogP contribution in [0.4, 0.5) is 0 Å². The van der Waals surface area contributed by atoms with E-state index in [1.54, 1.807) is 12.1 Å². The van der Waals surface area contributed by atoms with Crippen molar-refractivity contribution in [3.8, 4) is 5.75 Å². The van der Waals surface area contributed by atoms with Gasteiger partial charge in [-0.3, -0.25) is 0 Å². The summed E-state index contributed by atoms with van der Waals surface area (Å²) in [5, 5.41) is 9.28. The standard InChI is InChI=1S/C15H16OS.ClH/c1-12-5-3-4-6-13(12)11-17(2)15-9-7-14(16)8-10-15;/h3-10H,11H2,1-2H3;1H. The minimum Gasteiger partial charge on any atom is -1.00 e. The summed E-state index contributed by atoms with van der Waals surface area (Å²) >= 11 is 0. The Hall–Kier alpha value is -1.12. The number of aromatic hydroxyl groups is 1. The minimum absolute atomic E-state index is 0. The summed E-state index contributed by atoms with van der Waals surface area (Å²) in [6.45, 7) is 2.16. The molecule has 0 spiro atoms. The zero-order valence-corrected chi connectivity index (χ0v) is 12.1. The van der Waals surface area contributed by atoms with Crippen LogP contribution in [0.2, 0.25) is 0 Å². The molecule has 0 aliphatic carbocycles. The summed E-state index contributed by atoms with van der Waals surface area (Å²) < 4.78 is 0. The van der Waals surface area contributed by atoms with E-state index < -0.39 is 0 Å². The molecule has 3 heteroatoms. The van der Waals surface area contributed by atoms with Crippen molar-refractivity contribution in [2.75, 3.05) is 6.26 Å². The van der Waals surface area contributed by atoms with Gasteiger partial charge in [0.05, 0.1) is 0 Å². The molecular formula is C15H17ClOS. The summed E-state index contributed by atoms with van der Waals surface area (Å²) in [7, 11) is 0.186. The van der Waals surface area contributed by atoms with Gasteiger partial charge in [-0.25, -0.2) is 0 Å². The number of phenolic OH excluding ortho intramolecular Hbond substituents is 1. The maximum absolute atomic E-state index is 9.28. The van der Waals surface area contributed by atoms with E-state index in [-0.39, 0.29) is 23.3 Å². The lowest BCUT2D eigenvalue weighted by molar-refractivity contribution is -0.00000464. The largest absolute Gasteiger partial charge is 1.00 e. The molecule has 0 aromatic heterocycles. The minimum atomic E-state index is 0. The number of phenols is 1. The lowest BCUT2D eigenvalue weighted by atomic mass is 10.1. The van der Waals surface area contributed by atoms with E-state index in [4.69, 9.17) is 0 Å². The number of hydrogen-bond acceptors (Lipinski definition) is 1. The van der Waals surface area contributed by atoms with Gasteiger partial charge in [-0.2, -0.15) is 0 Å². The Morgan fingerprint density at radius 2 is 1.61 bits per heavy atom. The predicted octanol–water partition coefficient (Wildman–Crippen LogP) is 0.512. The Labute approximate surface area is 118 Å². The maximum Gasteiger partial charge on any atom is 0.155 e. The van der Waals surface area contributed by atoms with E-state index >= 15 is 0 Å². The molecule has 0 aliphatic heterocycles. The second kappa shape index (κ2) is 6.72. The zero-order chi connectivity index (χ0) is 12.3. The van der Waals surface area contributed by atoms with Crippen LogP contribution in [0.3, 0.4) is 0 Å². The molecular weight excluding hydrogens is 264 g/mol. The van der Waals surface area contributed by atoms with Gasteiger partial charge >= 0.3 is 0 Å². The van der Waals surface area contributed by atoms with Crippen LogP contribution in [-0.2, 0) is 16.6 Å². The highest BCUT2D eigenvalue weighted by Gasteiger charge is 2.16. The maximum atomic E-state index is 9.28. The SMILES string of the molecule is Cc1ccccc1C[S+](C)c1ccc(O)cc1.[Cl-]. The molecule has 0 radical (unpaired) electrons. The number of hydrogen-bond donors (Lipinski definition) is 1.